The number of amides is 2. The Balaban J connectivity index is 1.90. The van der Waals surface area contributed by atoms with Gasteiger partial charge in [0.25, 0.3) is 0 Å². The van der Waals surface area contributed by atoms with E-state index in [1.165, 1.54) is 12.1 Å². The molecular weight excluding hydrogens is 197 g/mol. The van der Waals surface area contributed by atoms with Crippen LogP contribution in [-0.4, -0.2) is 25.2 Å². The maximum Gasteiger partial charge on any atom is 0.319 e. The fraction of sp³-hybridized carbons (Fsp3) is 0.300. The molecule has 2 rings (SSSR count). The summed E-state index contributed by atoms with van der Waals surface area (Å²) in [7, 11) is 0. The van der Waals surface area contributed by atoms with Crippen LogP contribution in [0.4, 0.5) is 14.9 Å². The van der Waals surface area contributed by atoms with Crippen molar-refractivity contribution in [3.05, 3.63) is 30.1 Å². The number of anilines is 1. The van der Waals surface area contributed by atoms with E-state index in [0.29, 0.717) is 0 Å². The summed E-state index contributed by atoms with van der Waals surface area (Å²) in [6.07, 6.45) is 0. The minimum Gasteiger partial charge on any atom is -0.333 e. The van der Waals surface area contributed by atoms with Crippen LogP contribution >= 0.6 is 0 Å². The van der Waals surface area contributed by atoms with Crippen molar-refractivity contribution < 1.29 is 9.18 Å². The van der Waals surface area contributed by atoms with Crippen molar-refractivity contribution in [1.82, 2.24) is 10.6 Å². The van der Waals surface area contributed by atoms with Crippen LogP contribution in [-0.2, 0) is 0 Å². The monoisotopic (exact) mass is 209 g/mol. The Morgan fingerprint density at radius 2 is 2.13 bits per heavy atom. The highest BCUT2D eigenvalue weighted by Gasteiger charge is 2.18. The van der Waals surface area contributed by atoms with E-state index >= 15 is 0 Å². The quantitative estimate of drug-likeness (QED) is 0.678. The summed E-state index contributed by atoms with van der Waals surface area (Å²) < 4.78 is 13.1. The summed E-state index contributed by atoms with van der Waals surface area (Å²) in [6.45, 7) is 1.54. The first-order valence-electron chi connectivity index (χ1n) is 4.78. The highest BCUT2D eigenvalue weighted by atomic mass is 19.1. The lowest BCUT2D eigenvalue weighted by molar-refractivity contribution is 0.243. The summed E-state index contributed by atoms with van der Waals surface area (Å²) in [5, 5.41) is 8.19. The van der Waals surface area contributed by atoms with Gasteiger partial charge >= 0.3 is 6.03 Å². The number of benzene rings is 1. The fourth-order valence-electron chi connectivity index (χ4n) is 1.30. The zero-order valence-corrected chi connectivity index (χ0v) is 8.09. The molecule has 1 heterocycles. The Hall–Kier alpha value is -1.62. The molecule has 1 aromatic carbocycles. The SMILES string of the molecule is O=C(Nc1ccccc1F)NC1CNC1. The smallest absolute Gasteiger partial charge is 0.319 e. The molecule has 5 heteroatoms. The lowest BCUT2D eigenvalue weighted by Gasteiger charge is -2.27. The highest BCUT2D eigenvalue weighted by Crippen LogP contribution is 2.11. The average Bonchev–Trinajstić information content (AvgIpc) is 2.16. The van der Waals surface area contributed by atoms with Gasteiger partial charge in [-0.25, -0.2) is 9.18 Å². The van der Waals surface area contributed by atoms with Gasteiger partial charge in [-0.15, -0.1) is 0 Å². The van der Waals surface area contributed by atoms with E-state index in [9.17, 15) is 9.18 Å². The Kier molecular flexibility index (Phi) is 2.82. The van der Waals surface area contributed by atoms with E-state index in [-0.39, 0.29) is 17.8 Å². The van der Waals surface area contributed by atoms with Crippen molar-refractivity contribution >= 4 is 11.7 Å². The Morgan fingerprint density at radius 1 is 1.40 bits per heavy atom. The van der Waals surface area contributed by atoms with Gasteiger partial charge in [0.05, 0.1) is 11.7 Å². The van der Waals surface area contributed by atoms with Gasteiger partial charge in [-0.3, -0.25) is 0 Å². The third-order valence-corrected chi connectivity index (χ3v) is 2.24. The highest BCUT2D eigenvalue weighted by molar-refractivity contribution is 5.89. The number of para-hydroxylation sites is 1. The Bertz CT molecular complexity index is 365. The lowest BCUT2D eigenvalue weighted by atomic mass is 10.2. The first kappa shape index (κ1) is 9.92. The normalized spacial score (nSPS) is 15.5. The zero-order valence-electron chi connectivity index (χ0n) is 8.09. The van der Waals surface area contributed by atoms with Crippen molar-refractivity contribution in [3.63, 3.8) is 0 Å². The molecule has 1 fully saturated rings. The predicted molar refractivity (Wildman–Crippen MR) is 55.2 cm³/mol. The van der Waals surface area contributed by atoms with Crippen molar-refractivity contribution in [1.29, 1.82) is 0 Å². The van der Waals surface area contributed by atoms with Gasteiger partial charge in [-0.1, -0.05) is 12.1 Å². The average molecular weight is 209 g/mol. The number of halogens is 1. The Labute approximate surface area is 86.9 Å². The van der Waals surface area contributed by atoms with Gasteiger partial charge in [-0.05, 0) is 12.1 Å². The van der Waals surface area contributed by atoms with E-state index in [1.807, 2.05) is 0 Å². The molecular formula is C10H12FN3O. The second-order valence-corrected chi connectivity index (χ2v) is 3.43. The maximum absolute atomic E-state index is 13.1. The summed E-state index contributed by atoms with van der Waals surface area (Å²) in [5.41, 5.74) is 0.197. The number of rotatable bonds is 2. The topological polar surface area (TPSA) is 53.2 Å². The summed E-state index contributed by atoms with van der Waals surface area (Å²) in [5.74, 6) is -0.431. The van der Waals surface area contributed by atoms with Gasteiger partial charge in [0, 0.05) is 13.1 Å². The second-order valence-electron chi connectivity index (χ2n) is 3.43. The molecule has 0 unspecified atom stereocenters. The molecule has 15 heavy (non-hydrogen) atoms. The zero-order chi connectivity index (χ0) is 10.7. The molecule has 0 aromatic heterocycles. The van der Waals surface area contributed by atoms with Crippen molar-refractivity contribution in [3.8, 4) is 0 Å². The van der Waals surface area contributed by atoms with Crippen LogP contribution < -0.4 is 16.0 Å². The summed E-state index contributed by atoms with van der Waals surface area (Å²) in [6, 6.07) is 5.86. The van der Waals surface area contributed by atoms with Crippen LogP contribution in [0.25, 0.3) is 0 Å². The molecule has 0 bridgehead atoms. The third-order valence-electron chi connectivity index (χ3n) is 2.24. The lowest BCUT2D eigenvalue weighted by Crippen LogP contribution is -2.57. The minimum atomic E-state index is -0.431. The molecule has 80 valence electrons. The van der Waals surface area contributed by atoms with Gasteiger partial charge in [-0.2, -0.15) is 0 Å². The van der Waals surface area contributed by atoms with E-state index < -0.39 is 5.82 Å². The van der Waals surface area contributed by atoms with E-state index in [2.05, 4.69) is 16.0 Å². The fourth-order valence-corrected chi connectivity index (χ4v) is 1.30. The van der Waals surface area contributed by atoms with Gasteiger partial charge < -0.3 is 16.0 Å². The molecule has 2 amide bonds. The van der Waals surface area contributed by atoms with Crippen molar-refractivity contribution in [2.24, 2.45) is 0 Å². The Morgan fingerprint density at radius 3 is 2.73 bits per heavy atom. The molecule has 0 atom stereocenters. The van der Waals surface area contributed by atoms with Crippen LogP contribution in [0.2, 0.25) is 0 Å². The first-order chi connectivity index (χ1) is 7.25. The molecule has 1 saturated heterocycles. The van der Waals surface area contributed by atoms with Crippen molar-refractivity contribution in [2.45, 2.75) is 6.04 Å². The van der Waals surface area contributed by atoms with Crippen LogP contribution in [0.1, 0.15) is 0 Å². The minimum absolute atomic E-state index is 0.150. The number of nitrogens with one attached hydrogen (secondary N) is 3. The largest absolute Gasteiger partial charge is 0.333 e. The van der Waals surface area contributed by atoms with E-state index in [4.69, 9.17) is 0 Å². The van der Waals surface area contributed by atoms with Gasteiger partial charge in [0.15, 0.2) is 0 Å². The van der Waals surface area contributed by atoms with E-state index in [1.54, 1.807) is 12.1 Å². The van der Waals surface area contributed by atoms with Crippen LogP contribution in [0.15, 0.2) is 24.3 Å². The molecule has 4 nitrogen and oxygen atoms in total. The molecule has 0 saturated carbocycles. The molecule has 1 aliphatic rings. The second kappa shape index (κ2) is 4.27. The summed E-state index contributed by atoms with van der Waals surface area (Å²) in [4.78, 5) is 11.4. The number of hydrogen-bond acceptors (Lipinski definition) is 2. The van der Waals surface area contributed by atoms with E-state index in [0.717, 1.165) is 13.1 Å². The standard InChI is InChI=1S/C10H12FN3O/c11-8-3-1-2-4-9(8)14-10(15)13-7-5-12-6-7/h1-4,7,12H,5-6H2,(H2,13,14,15). The van der Waals surface area contributed by atoms with Crippen LogP contribution in [0.3, 0.4) is 0 Å². The van der Waals surface area contributed by atoms with Gasteiger partial charge in [0.2, 0.25) is 0 Å². The number of carbonyl (C=O) groups is 1. The van der Waals surface area contributed by atoms with Crippen LogP contribution in [0, 0.1) is 5.82 Å². The molecule has 0 spiro atoms. The van der Waals surface area contributed by atoms with Crippen molar-refractivity contribution in [2.75, 3.05) is 18.4 Å². The summed E-state index contributed by atoms with van der Waals surface area (Å²) >= 11 is 0. The molecule has 3 N–H and O–H groups in total. The van der Waals surface area contributed by atoms with Gasteiger partial charge in [0.1, 0.15) is 5.82 Å². The number of carbonyl (C=O) groups excluding carboxylic acids is 1. The number of hydrogen-bond donors (Lipinski definition) is 3. The molecule has 1 aromatic rings. The third kappa shape index (κ3) is 2.44. The predicted octanol–water partition coefficient (Wildman–Crippen LogP) is 0.919. The van der Waals surface area contributed by atoms with Crippen LogP contribution in [0.5, 0.6) is 0 Å². The molecule has 1 aliphatic heterocycles. The number of urea groups is 1. The first-order valence-corrected chi connectivity index (χ1v) is 4.78. The molecule has 0 radical (unpaired) electrons. The molecule has 0 aliphatic carbocycles. The maximum atomic E-state index is 13.1.